The van der Waals surface area contributed by atoms with Crippen molar-refractivity contribution in [2.24, 2.45) is 0 Å². The number of hydrogen-bond acceptors (Lipinski definition) is 3. The van der Waals surface area contributed by atoms with E-state index in [1.54, 1.807) is 7.05 Å². The SMILES string of the molecule is CN(CCCC(=O)O)C(=O)Nc1ccccc1N(C)C. The predicted octanol–water partition coefficient (Wildman–Crippen LogP) is 2.08. The topological polar surface area (TPSA) is 72.9 Å². The molecule has 2 N–H and O–H groups in total. The monoisotopic (exact) mass is 279 g/mol. The van der Waals surface area contributed by atoms with E-state index >= 15 is 0 Å². The molecule has 0 spiro atoms. The fraction of sp³-hybridized carbons (Fsp3) is 0.429. The van der Waals surface area contributed by atoms with E-state index in [9.17, 15) is 9.59 Å². The van der Waals surface area contributed by atoms with E-state index in [1.165, 1.54) is 4.90 Å². The van der Waals surface area contributed by atoms with E-state index in [0.29, 0.717) is 13.0 Å². The lowest BCUT2D eigenvalue weighted by Gasteiger charge is -2.21. The maximum atomic E-state index is 12.0. The molecule has 0 atom stereocenters. The van der Waals surface area contributed by atoms with Gasteiger partial charge in [0.1, 0.15) is 0 Å². The Bertz CT molecular complexity index is 474. The number of nitrogens with zero attached hydrogens (tertiary/aromatic N) is 2. The average Bonchev–Trinajstić information content (AvgIpc) is 2.38. The Kier molecular flexibility index (Phi) is 5.83. The molecule has 2 amide bonds. The summed E-state index contributed by atoms with van der Waals surface area (Å²) in [5.74, 6) is -0.850. The zero-order valence-corrected chi connectivity index (χ0v) is 12.1. The van der Waals surface area contributed by atoms with Crippen molar-refractivity contribution < 1.29 is 14.7 Å². The second-order valence-electron chi connectivity index (χ2n) is 4.76. The Morgan fingerprint density at radius 1 is 1.20 bits per heavy atom. The number of rotatable bonds is 6. The van der Waals surface area contributed by atoms with Crippen LogP contribution in [0.4, 0.5) is 16.2 Å². The van der Waals surface area contributed by atoms with Gasteiger partial charge in [0.25, 0.3) is 0 Å². The number of nitrogens with one attached hydrogen (secondary N) is 1. The van der Waals surface area contributed by atoms with Crippen LogP contribution in [0.2, 0.25) is 0 Å². The van der Waals surface area contributed by atoms with E-state index in [-0.39, 0.29) is 12.5 Å². The third-order valence-corrected chi connectivity index (χ3v) is 2.86. The second-order valence-corrected chi connectivity index (χ2v) is 4.76. The van der Waals surface area contributed by atoms with Gasteiger partial charge in [-0.1, -0.05) is 12.1 Å². The molecule has 20 heavy (non-hydrogen) atoms. The largest absolute Gasteiger partial charge is 0.481 e. The Morgan fingerprint density at radius 3 is 2.45 bits per heavy atom. The highest BCUT2D eigenvalue weighted by Gasteiger charge is 2.12. The van der Waals surface area contributed by atoms with Crippen molar-refractivity contribution in [3.63, 3.8) is 0 Å². The lowest BCUT2D eigenvalue weighted by molar-refractivity contribution is -0.137. The van der Waals surface area contributed by atoms with Gasteiger partial charge in [-0.05, 0) is 18.6 Å². The predicted molar refractivity (Wildman–Crippen MR) is 79.3 cm³/mol. The molecular formula is C14H21N3O3. The van der Waals surface area contributed by atoms with E-state index in [2.05, 4.69) is 5.32 Å². The van der Waals surface area contributed by atoms with E-state index in [0.717, 1.165) is 11.4 Å². The molecule has 0 saturated heterocycles. The number of amides is 2. The first-order valence-corrected chi connectivity index (χ1v) is 6.42. The van der Waals surface area contributed by atoms with Crippen LogP contribution in [-0.2, 0) is 4.79 Å². The number of benzene rings is 1. The van der Waals surface area contributed by atoms with Crippen molar-refractivity contribution in [2.45, 2.75) is 12.8 Å². The maximum Gasteiger partial charge on any atom is 0.321 e. The molecule has 0 unspecified atom stereocenters. The maximum absolute atomic E-state index is 12.0. The molecule has 1 aromatic carbocycles. The van der Waals surface area contributed by atoms with Crippen molar-refractivity contribution >= 4 is 23.4 Å². The van der Waals surface area contributed by atoms with Crippen LogP contribution in [0.5, 0.6) is 0 Å². The van der Waals surface area contributed by atoms with Gasteiger partial charge in [-0.2, -0.15) is 0 Å². The van der Waals surface area contributed by atoms with Gasteiger partial charge in [-0.3, -0.25) is 4.79 Å². The first-order valence-electron chi connectivity index (χ1n) is 6.42. The van der Waals surface area contributed by atoms with E-state index < -0.39 is 5.97 Å². The number of carboxylic acid groups (broad SMARTS) is 1. The summed E-state index contributed by atoms with van der Waals surface area (Å²) < 4.78 is 0. The van der Waals surface area contributed by atoms with Crippen LogP contribution < -0.4 is 10.2 Å². The Hall–Kier alpha value is -2.24. The molecule has 1 aromatic rings. The number of urea groups is 1. The molecular weight excluding hydrogens is 258 g/mol. The van der Waals surface area contributed by atoms with Crippen LogP contribution in [0.3, 0.4) is 0 Å². The third-order valence-electron chi connectivity index (χ3n) is 2.86. The molecule has 0 aliphatic heterocycles. The van der Waals surface area contributed by atoms with Crippen LogP contribution in [0.1, 0.15) is 12.8 Å². The van der Waals surface area contributed by atoms with Crippen molar-refractivity contribution in [2.75, 3.05) is 37.9 Å². The number of carbonyl (C=O) groups excluding carboxylic acids is 1. The summed E-state index contributed by atoms with van der Waals surface area (Å²) in [6.45, 7) is 0.405. The smallest absolute Gasteiger partial charge is 0.321 e. The van der Waals surface area contributed by atoms with Gasteiger partial charge in [-0.25, -0.2) is 4.79 Å². The zero-order chi connectivity index (χ0) is 15.1. The minimum Gasteiger partial charge on any atom is -0.481 e. The van der Waals surface area contributed by atoms with Gasteiger partial charge in [0.15, 0.2) is 0 Å². The highest BCUT2D eigenvalue weighted by atomic mass is 16.4. The molecule has 6 heteroatoms. The fourth-order valence-electron chi connectivity index (χ4n) is 1.75. The summed E-state index contributed by atoms with van der Waals surface area (Å²) in [6, 6.07) is 7.26. The minimum atomic E-state index is -0.850. The molecule has 0 aliphatic carbocycles. The van der Waals surface area contributed by atoms with Crippen molar-refractivity contribution in [3.8, 4) is 0 Å². The molecule has 0 fully saturated rings. The average molecular weight is 279 g/mol. The number of carboxylic acids is 1. The zero-order valence-electron chi connectivity index (χ0n) is 12.1. The van der Waals surface area contributed by atoms with Gasteiger partial charge < -0.3 is 20.2 Å². The lowest BCUT2D eigenvalue weighted by atomic mass is 10.2. The number of carbonyl (C=O) groups is 2. The minimum absolute atomic E-state index is 0.0614. The summed E-state index contributed by atoms with van der Waals surface area (Å²) in [4.78, 5) is 25.8. The van der Waals surface area contributed by atoms with Gasteiger partial charge in [0, 0.05) is 34.1 Å². The highest BCUT2D eigenvalue weighted by molar-refractivity contribution is 5.93. The molecule has 0 bridgehead atoms. The molecule has 0 radical (unpaired) electrons. The highest BCUT2D eigenvalue weighted by Crippen LogP contribution is 2.23. The molecule has 110 valence electrons. The Balaban J connectivity index is 2.59. The van der Waals surface area contributed by atoms with E-state index in [4.69, 9.17) is 5.11 Å². The molecule has 0 aromatic heterocycles. The third kappa shape index (κ3) is 4.79. The van der Waals surface area contributed by atoms with Gasteiger partial charge in [0.05, 0.1) is 11.4 Å². The quantitative estimate of drug-likeness (QED) is 0.836. The van der Waals surface area contributed by atoms with Crippen LogP contribution in [-0.4, -0.2) is 49.7 Å². The van der Waals surface area contributed by atoms with Crippen molar-refractivity contribution in [1.82, 2.24) is 4.90 Å². The normalized spacial score (nSPS) is 9.95. The first-order chi connectivity index (χ1) is 9.41. The van der Waals surface area contributed by atoms with Crippen LogP contribution in [0, 0.1) is 0 Å². The second kappa shape index (κ2) is 7.37. The first kappa shape index (κ1) is 15.8. The van der Waals surface area contributed by atoms with Gasteiger partial charge in [0.2, 0.25) is 0 Å². The lowest BCUT2D eigenvalue weighted by Crippen LogP contribution is -2.32. The van der Waals surface area contributed by atoms with Gasteiger partial charge >= 0.3 is 12.0 Å². The van der Waals surface area contributed by atoms with Crippen LogP contribution in [0.15, 0.2) is 24.3 Å². The summed E-state index contributed by atoms with van der Waals surface area (Å²) >= 11 is 0. The van der Waals surface area contributed by atoms with Gasteiger partial charge in [-0.15, -0.1) is 0 Å². The Morgan fingerprint density at radius 2 is 1.85 bits per heavy atom. The number of aliphatic carboxylic acids is 1. The summed E-state index contributed by atoms with van der Waals surface area (Å²) in [6.07, 6.45) is 0.500. The van der Waals surface area contributed by atoms with Crippen LogP contribution in [0.25, 0.3) is 0 Å². The molecule has 0 heterocycles. The Labute approximate surface area is 119 Å². The molecule has 0 saturated carbocycles. The fourth-order valence-corrected chi connectivity index (χ4v) is 1.75. The summed E-state index contributed by atoms with van der Waals surface area (Å²) in [7, 11) is 5.46. The number of hydrogen-bond donors (Lipinski definition) is 2. The number of para-hydroxylation sites is 2. The van der Waals surface area contributed by atoms with Crippen molar-refractivity contribution in [3.05, 3.63) is 24.3 Å². The van der Waals surface area contributed by atoms with Crippen LogP contribution >= 0.6 is 0 Å². The summed E-state index contributed by atoms with van der Waals surface area (Å²) in [5.41, 5.74) is 1.65. The van der Waals surface area contributed by atoms with E-state index in [1.807, 2.05) is 43.3 Å². The molecule has 1 rings (SSSR count). The molecule has 0 aliphatic rings. The summed E-state index contributed by atoms with van der Waals surface area (Å²) in [5, 5.41) is 11.4. The van der Waals surface area contributed by atoms with Crippen molar-refractivity contribution in [1.29, 1.82) is 0 Å². The number of anilines is 2. The standard InChI is InChI=1S/C14H21N3O3/c1-16(2)12-8-5-4-7-11(12)15-14(20)17(3)10-6-9-13(18)19/h4-5,7-8H,6,9-10H2,1-3H3,(H,15,20)(H,18,19). The molecule has 6 nitrogen and oxygen atoms in total.